The van der Waals surface area contributed by atoms with Gasteiger partial charge >= 0.3 is 0 Å². The quantitative estimate of drug-likeness (QED) is 0.458. The summed E-state index contributed by atoms with van der Waals surface area (Å²) in [6.07, 6.45) is 17.7. The van der Waals surface area contributed by atoms with Crippen LogP contribution in [0.3, 0.4) is 0 Å². The molecular formula is C26H22. The van der Waals surface area contributed by atoms with Gasteiger partial charge in [-0.3, -0.25) is 0 Å². The Balaban J connectivity index is 1.76. The normalized spacial score (nSPS) is 15.8. The summed E-state index contributed by atoms with van der Waals surface area (Å²) < 4.78 is 0. The van der Waals surface area contributed by atoms with Crippen molar-refractivity contribution in [2.45, 2.75) is 25.7 Å². The maximum Gasteiger partial charge on any atom is -0.00485 e. The van der Waals surface area contributed by atoms with Crippen LogP contribution in [0.1, 0.15) is 24.0 Å². The zero-order valence-corrected chi connectivity index (χ0v) is 14.9. The lowest BCUT2D eigenvalue weighted by Crippen LogP contribution is -1.98. The lowest BCUT2D eigenvalue weighted by molar-refractivity contribution is 1.10. The summed E-state index contributed by atoms with van der Waals surface area (Å²) in [6.45, 7) is 0. The van der Waals surface area contributed by atoms with Crippen molar-refractivity contribution in [3.63, 3.8) is 0 Å². The fraction of sp³-hybridized carbons (Fsp3) is 0.154. The molecule has 3 aromatic rings. The van der Waals surface area contributed by atoms with Crippen molar-refractivity contribution < 1.29 is 0 Å². The average molecular weight is 334 g/mol. The first-order chi connectivity index (χ1) is 12.9. The minimum Gasteiger partial charge on any atom is -0.0804 e. The Labute approximate surface area is 154 Å². The molecule has 0 bridgehead atoms. The zero-order chi connectivity index (χ0) is 17.3. The van der Waals surface area contributed by atoms with Crippen LogP contribution in [0, 0.1) is 0 Å². The third-order valence-corrected chi connectivity index (χ3v) is 5.66. The van der Waals surface area contributed by atoms with Gasteiger partial charge in [0, 0.05) is 0 Å². The number of hydrogen-bond donors (Lipinski definition) is 0. The molecule has 3 aromatic carbocycles. The molecule has 0 N–H and O–H groups in total. The fourth-order valence-corrected chi connectivity index (χ4v) is 4.39. The van der Waals surface area contributed by atoms with Crippen molar-refractivity contribution in [1.29, 1.82) is 0 Å². The molecule has 0 nitrogen and oxygen atoms in total. The Bertz CT molecular complexity index is 972. The van der Waals surface area contributed by atoms with Crippen molar-refractivity contribution in [2.75, 3.05) is 0 Å². The third kappa shape index (κ3) is 2.63. The molecule has 5 rings (SSSR count). The maximum absolute atomic E-state index is 2.31. The smallest absolute Gasteiger partial charge is 0.00485 e. The molecule has 0 radical (unpaired) electrons. The van der Waals surface area contributed by atoms with Crippen molar-refractivity contribution in [1.82, 2.24) is 0 Å². The van der Waals surface area contributed by atoms with Crippen LogP contribution in [0.4, 0.5) is 0 Å². The molecule has 0 saturated carbocycles. The van der Waals surface area contributed by atoms with Crippen LogP contribution in [-0.2, 0) is 12.8 Å². The van der Waals surface area contributed by atoms with Crippen LogP contribution in [0.25, 0.3) is 21.5 Å². The Morgan fingerprint density at radius 1 is 0.538 bits per heavy atom. The van der Waals surface area contributed by atoms with Gasteiger partial charge in [-0.1, -0.05) is 96.1 Å². The van der Waals surface area contributed by atoms with Gasteiger partial charge in [-0.2, -0.15) is 0 Å². The molecule has 126 valence electrons. The lowest BCUT2D eigenvalue weighted by atomic mass is 9.86. The summed E-state index contributed by atoms with van der Waals surface area (Å²) in [5.74, 6) is 0. The molecule has 0 spiro atoms. The van der Waals surface area contributed by atoms with Crippen molar-refractivity contribution in [2.24, 2.45) is 0 Å². The van der Waals surface area contributed by atoms with Crippen LogP contribution in [0.2, 0.25) is 0 Å². The molecule has 2 aliphatic rings. The van der Waals surface area contributed by atoms with E-state index in [1.54, 1.807) is 0 Å². The summed E-state index contributed by atoms with van der Waals surface area (Å²) in [7, 11) is 0. The molecule has 0 amide bonds. The largest absolute Gasteiger partial charge is 0.0804 e. The molecular weight excluding hydrogens is 312 g/mol. The van der Waals surface area contributed by atoms with E-state index in [1.165, 1.54) is 43.8 Å². The van der Waals surface area contributed by atoms with Gasteiger partial charge in [-0.25, -0.2) is 0 Å². The maximum atomic E-state index is 2.31. The minimum atomic E-state index is 1.04. The predicted octanol–water partition coefficient (Wildman–Crippen LogP) is 6.85. The molecule has 0 saturated heterocycles. The average Bonchev–Trinajstić information content (AvgIpc) is 3.38. The highest BCUT2D eigenvalue weighted by Gasteiger charge is 2.16. The van der Waals surface area contributed by atoms with Gasteiger partial charge in [-0.15, -0.1) is 0 Å². The highest BCUT2D eigenvalue weighted by atomic mass is 14.2. The van der Waals surface area contributed by atoms with E-state index < -0.39 is 0 Å². The molecule has 2 aliphatic carbocycles. The van der Waals surface area contributed by atoms with E-state index in [1.807, 2.05) is 0 Å². The highest BCUT2D eigenvalue weighted by molar-refractivity contribution is 6.06. The fourth-order valence-electron chi connectivity index (χ4n) is 4.39. The Kier molecular flexibility index (Phi) is 3.83. The molecule has 0 heterocycles. The van der Waals surface area contributed by atoms with Gasteiger partial charge in [0.15, 0.2) is 0 Å². The van der Waals surface area contributed by atoms with Crippen molar-refractivity contribution >= 4 is 21.5 Å². The van der Waals surface area contributed by atoms with Gasteiger partial charge < -0.3 is 0 Å². The topological polar surface area (TPSA) is 0 Å². The first-order valence-corrected chi connectivity index (χ1v) is 9.50. The number of allylic oxidation sites excluding steroid dienone is 8. The van der Waals surface area contributed by atoms with E-state index >= 15 is 0 Å². The summed E-state index contributed by atoms with van der Waals surface area (Å²) in [5.41, 5.74) is 5.98. The molecule has 0 aromatic heterocycles. The number of rotatable bonds is 4. The minimum absolute atomic E-state index is 1.04. The number of fused-ring (bicyclic) bond motifs is 2. The van der Waals surface area contributed by atoms with Crippen LogP contribution in [0.15, 0.2) is 96.1 Å². The third-order valence-electron chi connectivity index (χ3n) is 5.66. The van der Waals surface area contributed by atoms with Gasteiger partial charge in [0.1, 0.15) is 0 Å². The summed E-state index contributed by atoms with van der Waals surface area (Å²) in [5, 5.41) is 5.67. The first-order valence-electron chi connectivity index (χ1n) is 9.50. The van der Waals surface area contributed by atoms with E-state index in [-0.39, 0.29) is 0 Å². The van der Waals surface area contributed by atoms with E-state index in [2.05, 4.69) is 85.0 Å². The lowest BCUT2D eigenvalue weighted by Gasteiger charge is -2.18. The molecule has 0 fully saturated rings. The number of hydrogen-bond acceptors (Lipinski definition) is 0. The van der Waals surface area contributed by atoms with E-state index in [0.29, 0.717) is 0 Å². The SMILES string of the molecule is C1=CCC(Cc2c3ccccc3c(CC3=CC=CC3)c3ccccc23)=C1. The monoisotopic (exact) mass is 334 g/mol. The summed E-state index contributed by atoms with van der Waals surface area (Å²) >= 11 is 0. The van der Waals surface area contributed by atoms with Crippen molar-refractivity contribution in [3.05, 3.63) is 107 Å². The van der Waals surface area contributed by atoms with E-state index in [4.69, 9.17) is 0 Å². The Morgan fingerprint density at radius 2 is 0.923 bits per heavy atom. The molecule has 26 heavy (non-hydrogen) atoms. The second-order valence-corrected chi connectivity index (χ2v) is 7.32. The second kappa shape index (κ2) is 6.46. The zero-order valence-electron chi connectivity index (χ0n) is 14.9. The van der Waals surface area contributed by atoms with Crippen LogP contribution in [0.5, 0.6) is 0 Å². The second-order valence-electron chi connectivity index (χ2n) is 7.32. The molecule has 0 unspecified atom stereocenters. The number of benzene rings is 3. The van der Waals surface area contributed by atoms with Crippen LogP contribution >= 0.6 is 0 Å². The summed E-state index contributed by atoms with van der Waals surface area (Å²) in [6, 6.07) is 18.0. The Morgan fingerprint density at radius 3 is 1.23 bits per heavy atom. The summed E-state index contributed by atoms with van der Waals surface area (Å²) in [4.78, 5) is 0. The van der Waals surface area contributed by atoms with Gasteiger partial charge in [0.2, 0.25) is 0 Å². The predicted molar refractivity (Wildman–Crippen MR) is 113 cm³/mol. The van der Waals surface area contributed by atoms with Gasteiger partial charge in [-0.05, 0) is 58.4 Å². The van der Waals surface area contributed by atoms with E-state index in [0.717, 1.165) is 25.7 Å². The first kappa shape index (κ1) is 15.4. The Hall–Kier alpha value is -2.86. The molecule has 0 aliphatic heterocycles. The molecule has 0 heteroatoms. The van der Waals surface area contributed by atoms with Crippen LogP contribution < -0.4 is 0 Å². The van der Waals surface area contributed by atoms with Gasteiger partial charge in [0.25, 0.3) is 0 Å². The van der Waals surface area contributed by atoms with Crippen LogP contribution in [-0.4, -0.2) is 0 Å². The van der Waals surface area contributed by atoms with E-state index in [9.17, 15) is 0 Å². The molecule has 0 atom stereocenters. The standard InChI is InChI=1S/C26H22/c1-2-10-19(9-1)17-25-21-13-5-7-15-23(21)26(18-20-11-3-4-12-20)24-16-8-6-14-22(24)25/h1-9,11,13-16H,10,12,17-18H2. The van der Waals surface area contributed by atoms with Gasteiger partial charge in [0.05, 0.1) is 0 Å². The highest BCUT2D eigenvalue weighted by Crippen LogP contribution is 2.36. The van der Waals surface area contributed by atoms with Crippen molar-refractivity contribution in [3.8, 4) is 0 Å².